The lowest BCUT2D eigenvalue weighted by Gasteiger charge is -2.11. The molecular weight excluding hydrogens is 311 g/mol. The van der Waals surface area contributed by atoms with Crippen molar-refractivity contribution < 1.29 is 22.8 Å². The molecule has 0 aromatic heterocycles. The molecule has 0 radical (unpaired) electrons. The van der Waals surface area contributed by atoms with Crippen LogP contribution in [0.3, 0.4) is 0 Å². The minimum absolute atomic E-state index is 0. The molecule has 2 rings (SSSR count). The highest BCUT2D eigenvalue weighted by Gasteiger charge is 2.45. The minimum atomic E-state index is -1.68. The van der Waals surface area contributed by atoms with E-state index < -0.39 is 47.0 Å². The lowest BCUT2D eigenvalue weighted by atomic mass is 10.2. The van der Waals surface area contributed by atoms with Crippen LogP contribution in [-0.2, 0) is 9.59 Å². The van der Waals surface area contributed by atoms with Gasteiger partial charge in [0.15, 0.2) is 17.5 Å². The van der Waals surface area contributed by atoms with Gasteiger partial charge in [-0.15, -0.1) is 12.4 Å². The number of anilines is 1. The van der Waals surface area contributed by atoms with E-state index in [4.69, 9.17) is 5.73 Å². The molecule has 1 saturated carbocycles. The number of nitrogens with one attached hydrogen (secondary N) is 2. The second-order valence-electron chi connectivity index (χ2n) is 4.61. The maximum Gasteiger partial charge on any atom is 0.243 e. The molecule has 1 aliphatic rings. The van der Waals surface area contributed by atoms with Gasteiger partial charge in [-0.05, 0) is 25.0 Å². The second-order valence-corrected chi connectivity index (χ2v) is 4.61. The number of amides is 2. The molecule has 21 heavy (non-hydrogen) atoms. The molecule has 1 aliphatic carbocycles. The lowest BCUT2D eigenvalue weighted by Crippen LogP contribution is -2.45. The average molecular weight is 324 g/mol. The third kappa shape index (κ3) is 3.85. The van der Waals surface area contributed by atoms with Crippen molar-refractivity contribution in [3.8, 4) is 0 Å². The first-order valence-electron chi connectivity index (χ1n) is 5.84. The average Bonchev–Trinajstić information content (AvgIpc) is 3.16. The zero-order valence-electron chi connectivity index (χ0n) is 10.7. The van der Waals surface area contributed by atoms with E-state index in [-0.39, 0.29) is 12.4 Å². The molecule has 1 aromatic rings. The Bertz CT molecular complexity index is 579. The molecule has 2 amide bonds. The summed E-state index contributed by atoms with van der Waals surface area (Å²) >= 11 is 0. The van der Waals surface area contributed by atoms with Crippen LogP contribution in [0.4, 0.5) is 18.9 Å². The molecule has 0 atom stereocenters. The summed E-state index contributed by atoms with van der Waals surface area (Å²) in [6, 6.07) is 1.57. The number of hydrogen-bond donors (Lipinski definition) is 3. The molecular formula is C12H13ClF3N3O2. The highest BCUT2D eigenvalue weighted by molar-refractivity contribution is 5.97. The summed E-state index contributed by atoms with van der Waals surface area (Å²) in [4.78, 5) is 22.9. The second kappa shape index (κ2) is 6.31. The van der Waals surface area contributed by atoms with Gasteiger partial charge in [-0.25, -0.2) is 13.2 Å². The van der Waals surface area contributed by atoms with Crippen molar-refractivity contribution in [3.63, 3.8) is 0 Å². The standard InChI is InChI=1S/C12H12F3N3O2.ClH/c13-6-1-2-7(10(15)9(6)14)18-8(19)5-17-11(20)12(16)3-4-12;/h1-2H,3-5,16H2,(H,17,20)(H,18,19);1H. The Kier molecular flexibility index (Phi) is 5.19. The summed E-state index contributed by atoms with van der Waals surface area (Å²) in [7, 11) is 0. The van der Waals surface area contributed by atoms with Crippen LogP contribution in [0, 0.1) is 17.5 Å². The molecule has 9 heteroatoms. The van der Waals surface area contributed by atoms with Gasteiger partial charge in [-0.1, -0.05) is 0 Å². The SMILES string of the molecule is Cl.NC1(C(=O)NCC(=O)Nc2ccc(F)c(F)c2F)CC1. The van der Waals surface area contributed by atoms with E-state index in [2.05, 4.69) is 5.32 Å². The first-order chi connectivity index (χ1) is 9.33. The van der Waals surface area contributed by atoms with E-state index >= 15 is 0 Å². The van der Waals surface area contributed by atoms with Crippen LogP contribution in [0.15, 0.2) is 12.1 Å². The van der Waals surface area contributed by atoms with Crippen LogP contribution >= 0.6 is 12.4 Å². The third-order valence-electron chi connectivity index (χ3n) is 2.96. The number of rotatable bonds is 4. The van der Waals surface area contributed by atoms with Crippen molar-refractivity contribution in [3.05, 3.63) is 29.6 Å². The van der Waals surface area contributed by atoms with E-state index in [1.54, 1.807) is 0 Å². The van der Waals surface area contributed by atoms with Gasteiger partial charge in [0.2, 0.25) is 11.8 Å². The van der Waals surface area contributed by atoms with Gasteiger partial charge in [-0.3, -0.25) is 9.59 Å². The summed E-state index contributed by atoms with van der Waals surface area (Å²) in [5.74, 6) is -5.77. The molecule has 1 fully saturated rings. The largest absolute Gasteiger partial charge is 0.345 e. The van der Waals surface area contributed by atoms with Gasteiger partial charge in [0, 0.05) is 0 Å². The predicted octanol–water partition coefficient (Wildman–Crippen LogP) is 1.07. The first-order valence-corrected chi connectivity index (χ1v) is 5.84. The van der Waals surface area contributed by atoms with Crippen LogP contribution in [0.2, 0.25) is 0 Å². The monoisotopic (exact) mass is 323 g/mol. The highest BCUT2D eigenvalue weighted by Crippen LogP contribution is 2.31. The van der Waals surface area contributed by atoms with Crippen molar-refractivity contribution in [1.29, 1.82) is 0 Å². The predicted molar refractivity (Wildman–Crippen MR) is 71.4 cm³/mol. The van der Waals surface area contributed by atoms with Gasteiger partial charge < -0.3 is 16.4 Å². The fraction of sp³-hybridized carbons (Fsp3) is 0.333. The van der Waals surface area contributed by atoms with Gasteiger partial charge in [0.05, 0.1) is 17.8 Å². The fourth-order valence-corrected chi connectivity index (χ4v) is 1.52. The number of nitrogens with two attached hydrogens (primary N) is 1. The number of halogens is 4. The Hall–Kier alpha value is -1.80. The molecule has 116 valence electrons. The van der Waals surface area contributed by atoms with Crippen LogP contribution in [0.1, 0.15) is 12.8 Å². The van der Waals surface area contributed by atoms with E-state index in [1.807, 2.05) is 5.32 Å². The van der Waals surface area contributed by atoms with E-state index in [0.717, 1.165) is 6.07 Å². The summed E-state index contributed by atoms with van der Waals surface area (Å²) in [6.07, 6.45) is 1.08. The molecule has 0 unspecified atom stereocenters. The maximum atomic E-state index is 13.3. The van der Waals surface area contributed by atoms with Crippen molar-refractivity contribution in [2.45, 2.75) is 18.4 Å². The summed E-state index contributed by atoms with van der Waals surface area (Å²) in [5.41, 5.74) is 4.17. The van der Waals surface area contributed by atoms with Crippen molar-refractivity contribution in [1.82, 2.24) is 5.32 Å². The Labute approximate surface area is 124 Å². The van der Waals surface area contributed by atoms with Gasteiger partial charge in [0.25, 0.3) is 0 Å². The topological polar surface area (TPSA) is 84.2 Å². The van der Waals surface area contributed by atoms with Crippen molar-refractivity contribution in [2.24, 2.45) is 5.73 Å². The van der Waals surface area contributed by atoms with Gasteiger partial charge in [-0.2, -0.15) is 0 Å². The zero-order chi connectivity index (χ0) is 14.9. The summed E-state index contributed by atoms with van der Waals surface area (Å²) in [6.45, 7) is -0.434. The maximum absolute atomic E-state index is 13.3. The van der Waals surface area contributed by atoms with Crippen LogP contribution < -0.4 is 16.4 Å². The summed E-state index contributed by atoms with van der Waals surface area (Å²) in [5, 5.41) is 4.31. The number of carbonyl (C=O) groups excluding carboxylic acids is 2. The number of benzene rings is 1. The molecule has 4 N–H and O–H groups in total. The molecule has 0 saturated heterocycles. The van der Waals surface area contributed by atoms with E-state index in [9.17, 15) is 22.8 Å². The number of carbonyl (C=O) groups is 2. The lowest BCUT2D eigenvalue weighted by molar-refractivity contribution is -0.125. The normalized spacial score (nSPS) is 14.9. The zero-order valence-corrected chi connectivity index (χ0v) is 11.5. The third-order valence-corrected chi connectivity index (χ3v) is 2.96. The molecule has 0 aliphatic heterocycles. The Morgan fingerprint density at radius 1 is 1.19 bits per heavy atom. The van der Waals surface area contributed by atoms with E-state index in [1.165, 1.54) is 0 Å². The van der Waals surface area contributed by atoms with Crippen LogP contribution in [0.25, 0.3) is 0 Å². The molecule has 1 aromatic carbocycles. The molecule has 0 bridgehead atoms. The molecule has 0 spiro atoms. The first kappa shape index (κ1) is 17.3. The summed E-state index contributed by atoms with van der Waals surface area (Å²) < 4.78 is 38.9. The number of hydrogen-bond acceptors (Lipinski definition) is 3. The van der Waals surface area contributed by atoms with Crippen LogP contribution in [0.5, 0.6) is 0 Å². The Morgan fingerprint density at radius 2 is 1.81 bits per heavy atom. The Morgan fingerprint density at radius 3 is 2.38 bits per heavy atom. The highest BCUT2D eigenvalue weighted by atomic mass is 35.5. The van der Waals surface area contributed by atoms with Crippen molar-refractivity contribution >= 4 is 29.9 Å². The quantitative estimate of drug-likeness (QED) is 0.725. The molecule has 5 nitrogen and oxygen atoms in total. The van der Waals surface area contributed by atoms with Crippen LogP contribution in [-0.4, -0.2) is 23.9 Å². The fourth-order valence-electron chi connectivity index (χ4n) is 1.52. The minimum Gasteiger partial charge on any atom is -0.345 e. The van der Waals surface area contributed by atoms with E-state index in [0.29, 0.717) is 18.9 Å². The van der Waals surface area contributed by atoms with Gasteiger partial charge in [0.1, 0.15) is 0 Å². The van der Waals surface area contributed by atoms with Crippen molar-refractivity contribution in [2.75, 3.05) is 11.9 Å². The Balaban J connectivity index is 0.00000220. The van der Waals surface area contributed by atoms with Gasteiger partial charge >= 0.3 is 0 Å². The smallest absolute Gasteiger partial charge is 0.243 e. The molecule has 0 heterocycles.